The van der Waals surface area contributed by atoms with Crippen LogP contribution in [0.5, 0.6) is 0 Å². The predicted molar refractivity (Wildman–Crippen MR) is 80.4 cm³/mol. The third-order valence-electron chi connectivity index (χ3n) is 3.83. The van der Waals surface area contributed by atoms with Gasteiger partial charge in [-0.05, 0) is 45.3 Å². The van der Waals surface area contributed by atoms with Crippen LogP contribution in [0.15, 0.2) is 4.79 Å². The van der Waals surface area contributed by atoms with Gasteiger partial charge in [0.25, 0.3) is 5.56 Å². The number of aromatic nitrogens is 2. The molecule has 2 N–H and O–H groups in total. The molecule has 0 aromatic carbocycles. The number of fused-ring (bicyclic) bond motifs is 1. The van der Waals surface area contributed by atoms with Crippen LogP contribution in [-0.4, -0.2) is 29.2 Å². The predicted octanol–water partition coefficient (Wildman–Crippen LogP) is 1.87. The Bertz CT molecular complexity index is 671. The molecule has 3 heterocycles. The van der Waals surface area contributed by atoms with Gasteiger partial charge in [0.1, 0.15) is 17.3 Å². The molecule has 1 saturated heterocycles. The topological polar surface area (TPSA) is 67.0 Å². The van der Waals surface area contributed by atoms with Crippen molar-refractivity contribution in [1.29, 1.82) is 0 Å². The van der Waals surface area contributed by atoms with Crippen molar-refractivity contribution < 1.29 is 4.74 Å². The van der Waals surface area contributed by atoms with Crippen LogP contribution in [0.3, 0.4) is 0 Å². The molecule has 0 spiro atoms. The number of H-pyrrole nitrogens is 1. The molecule has 1 aliphatic heterocycles. The quantitative estimate of drug-likeness (QED) is 0.906. The first-order valence-corrected chi connectivity index (χ1v) is 7.78. The van der Waals surface area contributed by atoms with E-state index >= 15 is 0 Å². The average Bonchev–Trinajstić information content (AvgIpc) is 2.73. The molecule has 2 aromatic heterocycles. The van der Waals surface area contributed by atoms with Gasteiger partial charge >= 0.3 is 0 Å². The van der Waals surface area contributed by atoms with Gasteiger partial charge in [-0.25, -0.2) is 4.98 Å². The molecule has 0 atom stereocenters. The minimum Gasteiger partial charge on any atom is -0.370 e. The Hall–Kier alpha value is -1.24. The second kappa shape index (κ2) is 5.63. The summed E-state index contributed by atoms with van der Waals surface area (Å²) in [4.78, 5) is 21.5. The van der Waals surface area contributed by atoms with E-state index in [-0.39, 0.29) is 11.7 Å². The molecule has 108 valence electrons. The number of piperidine rings is 1. The number of rotatable bonds is 3. The number of aryl methyl sites for hydroxylation is 2. The highest BCUT2D eigenvalue weighted by Gasteiger charge is 2.15. The minimum absolute atomic E-state index is 0.0549. The summed E-state index contributed by atoms with van der Waals surface area (Å²) >= 11 is 1.57. The minimum atomic E-state index is -0.0549. The number of nitrogens with zero attached hydrogens (tertiary/aromatic N) is 1. The van der Waals surface area contributed by atoms with Gasteiger partial charge in [0.2, 0.25) is 0 Å². The number of hydrogen-bond acceptors (Lipinski definition) is 5. The average molecular weight is 293 g/mol. The molecule has 0 radical (unpaired) electrons. The Balaban J connectivity index is 1.80. The molecule has 0 saturated carbocycles. The molecular weight excluding hydrogens is 274 g/mol. The molecule has 20 heavy (non-hydrogen) atoms. The summed E-state index contributed by atoms with van der Waals surface area (Å²) in [6.45, 7) is 6.36. The molecule has 3 rings (SSSR count). The van der Waals surface area contributed by atoms with Gasteiger partial charge in [0.15, 0.2) is 0 Å². The molecule has 5 nitrogen and oxygen atoms in total. The van der Waals surface area contributed by atoms with E-state index in [0.717, 1.165) is 46.6 Å². The maximum atomic E-state index is 12.1. The van der Waals surface area contributed by atoms with Gasteiger partial charge in [0, 0.05) is 4.88 Å². The number of ether oxygens (including phenoxy) is 1. The van der Waals surface area contributed by atoms with Crippen LogP contribution in [0.1, 0.15) is 29.1 Å². The molecule has 1 fully saturated rings. The maximum Gasteiger partial charge on any atom is 0.259 e. The second-order valence-electron chi connectivity index (χ2n) is 5.24. The highest BCUT2D eigenvalue weighted by molar-refractivity contribution is 7.18. The molecule has 1 aliphatic rings. The lowest BCUT2D eigenvalue weighted by molar-refractivity contribution is 0.0178. The van der Waals surface area contributed by atoms with Crippen LogP contribution in [0.4, 0.5) is 0 Å². The Morgan fingerprint density at radius 2 is 2.10 bits per heavy atom. The van der Waals surface area contributed by atoms with E-state index in [1.807, 2.05) is 13.8 Å². The lowest BCUT2D eigenvalue weighted by Gasteiger charge is -2.22. The van der Waals surface area contributed by atoms with E-state index in [2.05, 4.69) is 15.3 Å². The summed E-state index contributed by atoms with van der Waals surface area (Å²) in [6, 6.07) is 0. The van der Waals surface area contributed by atoms with Gasteiger partial charge in [-0.2, -0.15) is 0 Å². The number of nitrogens with one attached hydrogen (secondary N) is 2. The van der Waals surface area contributed by atoms with Crippen molar-refractivity contribution in [3.05, 3.63) is 26.6 Å². The molecule has 0 unspecified atom stereocenters. The van der Waals surface area contributed by atoms with Crippen LogP contribution < -0.4 is 10.9 Å². The summed E-state index contributed by atoms with van der Waals surface area (Å²) in [5.74, 6) is 0.627. The SMILES string of the molecule is Cc1sc2nc(COC3CCNCC3)[nH]c(=O)c2c1C. The summed E-state index contributed by atoms with van der Waals surface area (Å²) in [5, 5.41) is 4.02. The lowest BCUT2D eigenvalue weighted by atomic mass is 10.1. The third kappa shape index (κ3) is 2.63. The Labute approximate surface area is 121 Å². The van der Waals surface area contributed by atoms with Gasteiger partial charge in [-0.15, -0.1) is 11.3 Å². The van der Waals surface area contributed by atoms with Gasteiger partial charge in [-0.1, -0.05) is 0 Å². The molecule has 6 heteroatoms. The fourth-order valence-electron chi connectivity index (χ4n) is 2.53. The van der Waals surface area contributed by atoms with Gasteiger partial charge in [-0.3, -0.25) is 4.79 Å². The zero-order chi connectivity index (χ0) is 14.1. The normalized spacial score (nSPS) is 16.9. The molecule has 0 aliphatic carbocycles. The van der Waals surface area contributed by atoms with E-state index in [1.165, 1.54) is 0 Å². The van der Waals surface area contributed by atoms with Crippen molar-refractivity contribution in [2.24, 2.45) is 0 Å². The van der Waals surface area contributed by atoms with Crippen molar-refractivity contribution in [3.63, 3.8) is 0 Å². The standard InChI is InChI=1S/C14H19N3O2S/c1-8-9(2)20-14-12(8)13(18)16-11(17-14)7-19-10-3-5-15-6-4-10/h10,15H,3-7H2,1-2H3,(H,16,17,18). The Morgan fingerprint density at radius 1 is 1.35 bits per heavy atom. The van der Waals surface area contributed by atoms with E-state index in [0.29, 0.717) is 12.4 Å². The summed E-state index contributed by atoms with van der Waals surface area (Å²) < 4.78 is 5.84. The van der Waals surface area contributed by atoms with Crippen molar-refractivity contribution >= 4 is 21.6 Å². The fourth-order valence-corrected chi connectivity index (χ4v) is 3.58. The summed E-state index contributed by atoms with van der Waals surface area (Å²) in [7, 11) is 0. The van der Waals surface area contributed by atoms with Crippen molar-refractivity contribution in [1.82, 2.24) is 15.3 Å². The van der Waals surface area contributed by atoms with E-state index in [4.69, 9.17) is 4.74 Å². The number of hydrogen-bond donors (Lipinski definition) is 2. The van der Waals surface area contributed by atoms with Gasteiger partial charge in [0.05, 0.1) is 11.5 Å². The van der Waals surface area contributed by atoms with Crippen molar-refractivity contribution in [2.75, 3.05) is 13.1 Å². The van der Waals surface area contributed by atoms with Crippen LogP contribution >= 0.6 is 11.3 Å². The van der Waals surface area contributed by atoms with Crippen molar-refractivity contribution in [3.8, 4) is 0 Å². The lowest BCUT2D eigenvalue weighted by Crippen LogP contribution is -2.32. The fraction of sp³-hybridized carbons (Fsp3) is 0.571. The zero-order valence-corrected chi connectivity index (χ0v) is 12.6. The molecular formula is C14H19N3O2S. The molecule has 2 aromatic rings. The first-order chi connectivity index (χ1) is 9.65. The van der Waals surface area contributed by atoms with Crippen LogP contribution in [-0.2, 0) is 11.3 Å². The van der Waals surface area contributed by atoms with E-state index in [1.54, 1.807) is 11.3 Å². The number of thiophene rings is 1. The van der Waals surface area contributed by atoms with E-state index in [9.17, 15) is 4.79 Å². The zero-order valence-electron chi connectivity index (χ0n) is 11.8. The highest BCUT2D eigenvalue weighted by Crippen LogP contribution is 2.25. The Morgan fingerprint density at radius 3 is 2.85 bits per heavy atom. The second-order valence-corrected chi connectivity index (χ2v) is 6.44. The summed E-state index contributed by atoms with van der Waals surface area (Å²) in [5.41, 5.74) is 0.977. The maximum absolute atomic E-state index is 12.1. The smallest absolute Gasteiger partial charge is 0.259 e. The first-order valence-electron chi connectivity index (χ1n) is 6.96. The monoisotopic (exact) mass is 293 g/mol. The number of aromatic amines is 1. The first kappa shape index (κ1) is 13.7. The highest BCUT2D eigenvalue weighted by atomic mass is 32.1. The largest absolute Gasteiger partial charge is 0.370 e. The Kier molecular flexibility index (Phi) is 3.87. The molecule has 0 amide bonds. The van der Waals surface area contributed by atoms with Crippen LogP contribution in [0, 0.1) is 13.8 Å². The van der Waals surface area contributed by atoms with Gasteiger partial charge < -0.3 is 15.0 Å². The third-order valence-corrected chi connectivity index (χ3v) is 4.93. The summed E-state index contributed by atoms with van der Waals surface area (Å²) in [6.07, 6.45) is 2.30. The van der Waals surface area contributed by atoms with E-state index < -0.39 is 0 Å². The van der Waals surface area contributed by atoms with Crippen molar-refractivity contribution in [2.45, 2.75) is 39.4 Å². The molecule has 0 bridgehead atoms. The van der Waals surface area contributed by atoms with Crippen LogP contribution in [0.2, 0.25) is 0 Å². The van der Waals surface area contributed by atoms with Crippen LogP contribution in [0.25, 0.3) is 10.2 Å².